The molecule has 1 heterocycles. The first-order chi connectivity index (χ1) is 5.25. The van der Waals surface area contributed by atoms with Gasteiger partial charge in [0.05, 0.1) is 6.10 Å². The number of rotatable bonds is 2. The average Bonchev–Trinajstić information content (AvgIpc) is 1.92. The second-order valence-electron chi connectivity index (χ2n) is 4.12. The summed E-state index contributed by atoms with van der Waals surface area (Å²) in [5.41, 5.74) is 0. The first-order valence-corrected chi connectivity index (χ1v) is 4.68. The Bertz CT molecular complexity index is 142. The number of likely N-dealkylation sites (tertiary alicyclic amines) is 1. The molecule has 1 aliphatic heterocycles. The quantitative estimate of drug-likeness (QED) is 0.639. The molecular weight excluding hydrogens is 138 g/mol. The van der Waals surface area contributed by atoms with Crippen LogP contribution in [0.15, 0.2) is 0 Å². The number of aliphatic hydroxyl groups is 1. The van der Waals surface area contributed by atoms with Crippen molar-refractivity contribution in [2.75, 3.05) is 13.1 Å². The fourth-order valence-corrected chi connectivity index (χ4v) is 2.02. The lowest BCUT2D eigenvalue weighted by Gasteiger charge is -2.44. The van der Waals surface area contributed by atoms with E-state index in [0.717, 1.165) is 24.8 Å². The maximum Gasteiger partial charge on any atom is 0.0546 e. The van der Waals surface area contributed by atoms with Crippen LogP contribution in [0.25, 0.3) is 0 Å². The van der Waals surface area contributed by atoms with Gasteiger partial charge in [-0.1, -0.05) is 0 Å². The average molecular weight is 155 g/mol. The lowest BCUT2D eigenvalue weighted by molar-refractivity contribution is -0.00285. The summed E-state index contributed by atoms with van der Waals surface area (Å²) in [6.45, 7) is 4.81. The van der Waals surface area contributed by atoms with Crippen LogP contribution in [-0.4, -0.2) is 35.2 Å². The molecule has 11 heavy (non-hydrogen) atoms. The third-order valence-corrected chi connectivity index (χ3v) is 3.16. The van der Waals surface area contributed by atoms with Gasteiger partial charge in [0.15, 0.2) is 0 Å². The summed E-state index contributed by atoms with van der Waals surface area (Å²) in [6.07, 6.45) is 3.48. The number of hydrogen-bond donors (Lipinski definition) is 1. The minimum absolute atomic E-state index is 0.0246. The van der Waals surface area contributed by atoms with Gasteiger partial charge in [-0.15, -0.1) is 0 Å². The largest absolute Gasteiger partial charge is 0.393 e. The van der Waals surface area contributed by atoms with Crippen molar-refractivity contribution >= 4 is 0 Å². The lowest BCUT2D eigenvalue weighted by atomic mass is 9.81. The molecule has 0 aromatic carbocycles. The van der Waals surface area contributed by atoms with E-state index in [0.29, 0.717) is 0 Å². The molecule has 64 valence electrons. The minimum Gasteiger partial charge on any atom is -0.393 e. The van der Waals surface area contributed by atoms with Crippen LogP contribution < -0.4 is 0 Å². The van der Waals surface area contributed by atoms with Crippen molar-refractivity contribution in [2.45, 2.75) is 38.3 Å². The molecule has 0 spiro atoms. The Morgan fingerprint density at radius 3 is 2.55 bits per heavy atom. The van der Waals surface area contributed by atoms with Crippen LogP contribution in [0.2, 0.25) is 0 Å². The van der Waals surface area contributed by atoms with E-state index in [1.54, 1.807) is 0 Å². The summed E-state index contributed by atoms with van der Waals surface area (Å²) in [5, 5.41) is 9.07. The van der Waals surface area contributed by atoms with E-state index in [9.17, 15) is 0 Å². The molecule has 2 aliphatic rings. The van der Waals surface area contributed by atoms with E-state index in [1.807, 2.05) is 0 Å². The van der Waals surface area contributed by atoms with Crippen LogP contribution in [0.4, 0.5) is 0 Å². The monoisotopic (exact) mass is 155 g/mol. The smallest absolute Gasteiger partial charge is 0.0546 e. The van der Waals surface area contributed by atoms with E-state index in [2.05, 4.69) is 11.8 Å². The van der Waals surface area contributed by atoms with Gasteiger partial charge in [-0.3, -0.25) is 0 Å². The fourth-order valence-electron chi connectivity index (χ4n) is 2.02. The number of hydrogen-bond acceptors (Lipinski definition) is 2. The normalized spacial score (nSPS) is 44.7. The van der Waals surface area contributed by atoms with Crippen LogP contribution in [0.3, 0.4) is 0 Å². The molecule has 1 unspecified atom stereocenters. The lowest BCUT2D eigenvalue weighted by Crippen LogP contribution is -2.50. The van der Waals surface area contributed by atoms with Crippen molar-refractivity contribution in [3.63, 3.8) is 0 Å². The maximum absolute atomic E-state index is 9.07. The van der Waals surface area contributed by atoms with Crippen LogP contribution in [0.1, 0.15) is 26.2 Å². The molecule has 2 nitrogen and oxygen atoms in total. The molecule has 1 N–H and O–H groups in total. The zero-order valence-corrected chi connectivity index (χ0v) is 7.16. The van der Waals surface area contributed by atoms with E-state index in [1.165, 1.54) is 19.5 Å². The molecule has 1 aliphatic carbocycles. The highest BCUT2D eigenvalue weighted by Gasteiger charge is 2.32. The molecule has 2 heteroatoms. The van der Waals surface area contributed by atoms with E-state index in [-0.39, 0.29) is 6.10 Å². The molecule has 2 rings (SSSR count). The molecular formula is C9H17NO. The van der Waals surface area contributed by atoms with Gasteiger partial charge in [0.1, 0.15) is 0 Å². The Kier molecular flexibility index (Phi) is 1.90. The Morgan fingerprint density at radius 1 is 1.45 bits per heavy atom. The van der Waals surface area contributed by atoms with Crippen molar-refractivity contribution in [1.29, 1.82) is 0 Å². The molecule has 2 fully saturated rings. The zero-order chi connectivity index (χ0) is 7.84. The highest BCUT2D eigenvalue weighted by molar-refractivity contribution is 4.86. The van der Waals surface area contributed by atoms with Crippen LogP contribution in [0.5, 0.6) is 0 Å². The molecule has 0 aromatic rings. The molecule has 0 aromatic heterocycles. The van der Waals surface area contributed by atoms with E-state index < -0.39 is 0 Å². The Morgan fingerprint density at radius 2 is 2.18 bits per heavy atom. The summed E-state index contributed by atoms with van der Waals surface area (Å²) in [4.78, 5) is 2.52. The number of nitrogens with zero attached hydrogens (tertiary/aromatic N) is 1. The van der Waals surface area contributed by atoms with Gasteiger partial charge >= 0.3 is 0 Å². The van der Waals surface area contributed by atoms with E-state index in [4.69, 9.17) is 5.11 Å². The van der Waals surface area contributed by atoms with Gasteiger partial charge in [-0.2, -0.15) is 0 Å². The Balaban J connectivity index is 1.67. The predicted octanol–water partition coefficient (Wildman–Crippen LogP) is 0.851. The number of aliphatic hydroxyl groups excluding tert-OH is 1. The van der Waals surface area contributed by atoms with E-state index >= 15 is 0 Å². The molecule has 0 amide bonds. The van der Waals surface area contributed by atoms with Gasteiger partial charge in [0.2, 0.25) is 0 Å². The van der Waals surface area contributed by atoms with Crippen LogP contribution in [-0.2, 0) is 0 Å². The summed E-state index contributed by atoms with van der Waals surface area (Å²) in [6, 6.07) is 0.813. The highest BCUT2D eigenvalue weighted by Crippen LogP contribution is 2.30. The van der Waals surface area contributed by atoms with Gasteiger partial charge in [0.25, 0.3) is 0 Å². The van der Waals surface area contributed by atoms with Crippen molar-refractivity contribution in [2.24, 2.45) is 5.92 Å². The minimum atomic E-state index is 0.0246. The Labute approximate surface area is 68.2 Å². The third kappa shape index (κ3) is 1.42. The summed E-state index contributed by atoms with van der Waals surface area (Å²) < 4.78 is 0. The molecule has 1 saturated heterocycles. The SMILES string of the molecule is CC1CCN1CC1CC(O)C1. The first kappa shape index (κ1) is 7.56. The van der Waals surface area contributed by atoms with Crippen molar-refractivity contribution in [3.8, 4) is 0 Å². The predicted molar refractivity (Wildman–Crippen MR) is 44.4 cm³/mol. The molecule has 1 saturated carbocycles. The van der Waals surface area contributed by atoms with Gasteiger partial charge in [0, 0.05) is 12.6 Å². The zero-order valence-electron chi connectivity index (χ0n) is 7.16. The topological polar surface area (TPSA) is 23.5 Å². The molecule has 1 atom stereocenters. The first-order valence-electron chi connectivity index (χ1n) is 4.68. The van der Waals surface area contributed by atoms with Gasteiger partial charge in [-0.25, -0.2) is 0 Å². The van der Waals surface area contributed by atoms with Crippen molar-refractivity contribution in [3.05, 3.63) is 0 Å². The fraction of sp³-hybridized carbons (Fsp3) is 1.00. The molecule has 0 radical (unpaired) electrons. The van der Waals surface area contributed by atoms with Gasteiger partial charge < -0.3 is 10.0 Å². The van der Waals surface area contributed by atoms with Crippen LogP contribution in [0, 0.1) is 5.92 Å². The van der Waals surface area contributed by atoms with Gasteiger partial charge in [-0.05, 0) is 38.6 Å². The Hall–Kier alpha value is -0.0800. The summed E-state index contributed by atoms with van der Waals surface area (Å²) in [5.74, 6) is 0.799. The second kappa shape index (κ2) is 2.76. The standard InChI is InChI=1S/C9H17NO/c1-7-2-3-10(7)6-8-4-9(11)5-8/h7-9,11H,2-6H2,1H3. The second-order valence-corrected chi connectivity index (χ2v) is 4.12. The highest BCUT2D eigenvalue weighted by atomic mass is 16.3. The van der Waals surface area contributed by atoms with Crippen LogP contribution >= 0.6 is 0 Å². The summed E-state index contributed by atoms with van der Waals surface area (Å²) in [7, 11) is 0. The maximum atomic E-state index is 9.07. The summed E-state index contributed by atoms with van der Waals surface area (Å²) >= 11 is 0. The van der Waals surface area contributed by atoms with Crippen molar-refractivity contribution in [1.82, 2.24) is 4.90 Å². The van der Waals surface area contributed by atoms with Crippen molar-refractivity contribution < 1.29 is 5.11 Å². The molecule has 0 bridgehead atoms. The third-order valence-electron chi connectivity index (χ3n) is 3.16.